The molecule has 1 aliphatic carbocycles. The Hall–Kier alpha value is -1.65. The second kappa shape index (κ2) is 3.43. The highest BCUT2D eigenvalue weighted by molar-refractivity contribution is 5.59. The van der Waals surface area contributed by atoms with Crippen LogP contribution in [0.25, 0.3) is 11.4 Å². The van der Waals surface area contributed by atoms with Gasteiger partial charge >= 0.3 is 0 Å². The molecule has 1 fully saturated rings. The maximum absolute atomic E-state index is 5.24. The lowest BCUT2D eigenvalue weighted by atomic mass is 10.1. The lowest BCUT2D eigenvalue weighted by molar-refractivity contribution is 0.379. The normalized spacial score (nSPS) is 15.6. The lowest BCUT2D eigenvalue weighted by Crippen LogP contribution is -1.88. The van der Waals surface area contributed by atoms with E-state index in [4.69, 9.17) is 9.05 Å². The van der Waals surface area contributed by atoms with E-state index in [1.807, 2.05) is 13.8 Å². The minimum Gasteiger partial charge on any atom is -0.361 e. The molecule has 5 heteroatoms. The summed E-state index contributed by atoms with van der Waals surface area (Å²) >= 11 is 0. The van der Waals surface area contributed by atoms with Gasteiger partial charge in [-0.05, 0) is 26.2 Å². The Balaban J connectivity index is 2.02. The molecule has 0 radical (unpaired) electrons. The molecule has 0 bridgehead atoms. The maximum atomic E-state index is 5.24. The van der Waals surface area contributed by atoms with Crippen molar-refractivity contribution >= 4 is 0 Å². The van der Waals surface area contributed by atoms with Crippen LogP contribution in [0.3, 0.4) is 0 Å². The monoisotopic (exact) mass is 219 g/mol. The van der Waals surface area contributed by atoms with Gasteiger partial charge in [0.2, 0.25) is 11.7 Å². The molecule has 16 heavy (non-hydrogen) atoms. The Morgan fingerprint density at radius 1 is 1.25 bits per heavy atom. The number of nitrogens with zero attached hydrogens (tertiary/aromatic N) is 3. The summed E-state index contributed by atoms with van der Waals surface area (Å²) in [4.78, 5) is 4.41. The molecule has 0 N–H and O–H groups in total. The summed E-state index contributed by atoms with van der Waals surface area (Å²) in [5, 5.41) is 7.99. The summed E-state index contributed by atoms with van der Waals surface area (Å²) < 4.78 is 10.4. The zero-order valence-electron chi connectivity index (χ0n) is 9.36. The quantitative estimate of drug-likeness (QED) is 0.793. The van der Waals surface area contributed by atoms with Crippen LogP contribution in [0.4, 0.5) is 0 Å². The molecule has 5 nitrogen and oxygen atoms in total. The second-order valence-corrected chi connectivity index (χ2v) is 4.14. The fourth-order valence-electron chi connectivity index (χ4n) is 1.78. The van der Waals surface area contributed by atoms with Crippen LogP contribution in [0.2, 0.25) is 0 Å². The predicted octanol–water partition coefficient (Wildman–Crippen LogP) is 2.47. The molecule has 2 heterocycles. The fourth-order valence-corrected chi connectivity index (χ4v) is 1.78. The number of hydrogen-bond acceptors (Lipinski definition) is 5. The lowest BCUT2D eigenvalue weighted by Gasteiger charge is -1.91. The van der Waals surface area contributed by atoms with Gasteiger partial charge in [0.15, 0.2) is 0 Å². The first-order chi connectivity index (χ1) is 7.79. The van der Waals surface area contributed by atoms with Crippen LogP contribution in [-0.4, -0.2) is 15.3 Å². The van der Waals surface area contributed by atoms with Crippen molar-refractivity contribution in [1.82, 2.24) is 15.3 Å². The van der Waals surface area contributed by atoms with Crippen LogP contribution >= 0.6 is 0 Å². The van der Waals surface area contributed by atoms with Crippen molar-refractivity contribution in [2.75, 3.05) is 0 Å². The summed E-state index contributed by atoms with van der Waals surface area (Å²) in [6.07, 6.45) is 3.12. The molecular weight excluding hydrogens is 206 g/mol. The van der Waals surface area contributed by atoms with Crippen molar-refractivity contribution in [1.29, 1.82) is 0 Å². The highest BCUT2D eigenvalue weighted by Crippen LogP contribution is 2.39. The highest BCUT2D eigenvalue weighted by atomic mass is 16.5. The Kier molecular flexibility index (Phi) is 2.05. The van der Waals surface area contributed by atoms with Gasteiger partial charge in [0.25, 0.3) is 0 Å². The Morgan fingerprint density at radius 2 is 2.06 bits per heavy atom. The molecule has 2 aromatic heterocycles. The molecule has 0 aliphatic heterocycles. The Bertz CT molecular complexity index is 511. The van der Waals surface area contributed by atoms with Crippen LogP contribution < -0.4 is 0 Å². The molecule has 0 spiro atoms. The number of hydrogen-bond donors (Lipinski definition) is 0. The van der Waals surface area contributed by atoms with Crippen LogP contribution in [0, 0.1) is 6.92 Å². The average Bonchev–Trinajstić information content (AvgIpc) is 2.91. The van der Waals surface area contributed by atoms with Crippen molar-refractivity contribution in [3.8, 4) is 11.4 Å². The van der Waals surface area contributed by atoms with Gasteiger partial charge in [0.05, 0.1) is 11.3 Å². The third kappa shape index (κ3) is 1.43. The summed E-state index contributed by atoms with van der Waals surface area (Å²) in [6, 6.07) is 0. The van der Waals surface area contributed by atoms with E-state index in [1.54, 1.807) is 0 Å². The maximum Gasteiger partial charge on any atom is 0.230 e. The molecule has 0 unspecified atom stereocenters. The molecule has 1 saturated carbocycles. The summed E-state index contributed by atoms with van der Waals surface area (Å²) in [5.41, 5.74) is 1.78. The van der Waals surface area contributed by atoms with Crippen LogP contribution in [-0.2, 0) is 6.42 Å². The third-order valence-corrected chi connectivity index (χ3v) is 2.86. The zero-order chi connectivity index (χ0) is 11.1. The molecule has 2 aromatic rings. The van der Waals surface area contributed by atoms with Gasteiger partial charge in [-0.25, -0.2) is 0 Å². The smallest absolute Gasteiger partial charge is 0.230 e. The highest BCUT2D eigenvalue weighted by Gasteiger charge is 2.30. The van der Waals surface area contributed by atoms with Gasteiger partial charge in [-0.3, -0.25) is 0 Å². The number of rotatable bonds is 3. The van der Waals surface area contributed by atoms with Crippen LogP contribution in [0.15, 0.2) is 9.05 Å². The minimum absolute atomic E-state index is 0.478. The summed E-state index contributed by atoms with van der Waals surface area (Å²) in [6.45, 7) is 3.90. The molecule has 1 aliphatic rings. The first-order valence-electron chi connectivity index (χ1n) is 5.58. The molecule has 84 valence electrons. The van der Waals surface area contributed by atoms with Gasteiger partial charge in [0, 0.05) is 5.92 Å². The first kappa shape index (κ1) is 9.57. The summed E-state index contributed by atoms with van der Waals surface area (Å²) in [7, 11) is 0. The van der Waals surface area contributed by atoms with Gasteiger partial charge < -0.3 is 9.05 Å². The van der Waals surface area contributed by atoms with Crippen molar-refractivity contribution < 1.29 is 9.05 Å². The average molecular weight is 219 g/mol. The molecule has 0 aromatic carbocycles. The first-order valence-corrected chi connectivity index (χ1v) is 5.58. The SMILES string of the molecule is CCc1noc(C)c1-c1noc(C2CC2)n1. The summed E-state index contributed by atoms with van der Waals surface area (Å²) in [5.74, 6) is 2.58. The van der Waals surface area contributed by atoms with E-state index in [1.165, 1.54) is 0 Å². The van der Waals surface area contributed by atoms with Gasteiger partial charge in [-0.1, -0.05) is 17.2 Å². The van der Waals surface area contributed by atoms with Gasteiger partial charge in [0.1, 0.15) is 5.76 Å². The predicted molar refractivity (Wildman–Crippen MR) is 55.9 cm³/mol. The molecule has 3 rings (SSSR count). The Morgan fingerprint density at radius 3 is 2.75 bits per heavy atom. The van der Waals surface area contributed by atoms with E-state index in [9.17, 15) is 0 Å². The largest absolute Gasteiger partial charge is 0.361 e. The van der Waals surface area contributed by atoms with Crippen molar-refractivity contribution in [2.45, 2.75) is 39.0 Å². The van der Waals surface area contributed by atoms with Crippen molar-refractivity contribution in [3.05, 3.63) is 17.3 Å². The van der Waals surface area contributed by atoms with E-state index in [0.717, 1.165) is 42.2 Å². The van der Waals surface area contributed by atoms with Crippen molar-refractivity contribution in [3.63, 3.8) is 0 Å². The molecule has 0 atom stereocenters. The van der Waals surface area contributed by atoms with E-state index < -0.39 is 0 Å². The van der Waals surface area contributed by atoms with E-state index in [0.29, 0.717) is 11.7 Å². The van der Waals surface area contributed by atoms with Crippen molar-refractivity contribution in [2.24, 2.45) is 0 Å². The van der Waals surface area contributed by atoms with Gasteiger partial charge in [-0.15, -0.1) is 0 Å². The fraction of sp³-hybridized carbons (Fsp3) is 0.545. The second-order valence-electron chi connectivity index (χ2n) is 4.14. The molecular formula is C11H13N3O2. The standard InChI is InChI=1S/C11H13N3O2/c1-3-8-9(6(2)15-13-8)10-12-11(16-14-10)7-4-5-7/h7H,3-5H2,1-2H3. The minimum atomic E-state index is 0.478. The van der Waals surface area contributed by atoms with E-state index in [-0.39, 0.29) is 0 Å². The number of aryl methyl sites for hydroxylation is 2. The zero-order valence-corrected chi connectivity index (χ0v) is 9.36. The van der Waals surface area contributed by atoms with E-state index in [2.05, 4.69) is 15.3 Å². The topological polar surface area (TPSA) is 65.0 Å². The van der Waals surface area contributed by atoms with Crippen LogP contribution in [0.5, 0.6) is 0 Å². The number of aromatic nitrogens is 3. The third-order valence-electron chi connectivity index (χ3n) is 2.86. The van der Waals surface area contributed by atoms with Gasteiger partial charge in [-0.2, -0.15) is 4.98 Å². The Labute approximate surface area is 92.8 Å². The van der Waals surface area contributed by atoms with Crippen LogP contribution in [0.1, 0.15) is 43.0 Å². The molecule has 0 amide bonds. The molecule has 0 saturated heterocycles. The van der Waals surface area contributed by atoms with E-state index >= 15 is 0 Å².